The lowest BCUT2D eigenvalue weighted by molar-refractivity contribution is 0.177. The molecule has 0 spiro atoms. The first kappa shape index (κ1) is 19.8. The molecular formula is C22H28FN3S. The van der Waals surface area contributed by atoms with Gasteiger partial charge >= 0.3 is 0 Å². The summed E-state index contributed by atoms with van der Waals surface area (Å²) in [4.78, 5) is 4.61. The largest absolute Gasteiger partial charge is 0.346 e. The van der Waals surface area contributed by atoms with E-state index in [-0.39, 0.29) is 5.82 Å². The van der Waals surface area contributed by atoms with Gasteiger partial charge in [0.1, 0.15) is 5.82 Å². The van der Waals surface area contributed by atoms with Gasteiger partial charge in [0, 0.05) is 38.4 Å². The number of benzene rings is 2. The zero-order valence-corrected chi connectivity index (χ0v) is 16.8. The minimum absolute atomic E-state index is 0.182. The van der Waals surface area contributed by atoms with E-state index in [2.05, 4.69) is 46.3 Å². The highest BCUT2D eigenvalue weighted by Crippen LogP contribution is 2.14. The van der Waals surface area contributed by atoms with Crippen molar-refractivity contribution in [3.8, 4) is 0 Å². The van der Waals surface area contributed by atoms with Gasteiger partial charge in [-0.1, -0.05) is 37.6 Å². The van der Waals surface area contributed by atoms with Gasteiger partial charge in [-0.05, 0) is 60.5 Å². The third kappa shape index (κ3) is 6.01. The van der Waals surface area contributed by atoms with Crippen LogP contribution in [0.4, 0.5) is 10.1 Å². The summed E-state index contributed by atoms with van der Waals surface area (Å²) < 4.78 is 13.0. The molecule has 0 atom stereocenters. The maximum absolute atomic E-state index is 13.0. The average Bonchev–Trinajstić information content (AvgIpc) is 2.70. The molecule has 0 aromatic heterocycles. The first-order valence-electron chi connectivity index (χ1n) is 9.75. The lowest BCUT2D eigenvalue weighted by Gasteiger charge is -2.36. The van der Waals surface area contributed by atoms with Crippen LogP contribution < -0.4 is 5.32 Å². The van der Waals surface area contributed by atoms with Gasteiger partial charge in [-0.25, -0.2) is 4.39 Å². The van der Waals surface area contributed by atoms with E-state index < -0.39 is 0 Å². The van der Waals surface area contributed by atoms with Crippen molar-refractivity contribution in [2.75, 3.05) is 31.5 Å². The van der Waals surface area contributed by atoms with Gasteiger partial charge in [0.15, 0.2) is 5.11 Å². The van der Waals surface area contributed by atoms with E-state index in [9.17, 15) is 4.39 Å². The molecule has 1 aliphatic rings. The molecular weight excluding hydrogens is 357 g/mol. The summed E-state index contributed by atoms with van der Waals surface area (Å²) in [6.45, 7) is 6.79. The number of hydrogen-bond donors (Lipinski definition) is 1. The molecule has 1 N–H and O–H groups in total. The lowest BCUT2D eigenvalue weighted by Crippen LogP contribution is -2.49. The molecule has 1 aliphatic heterocycles. The second-order valence-electron chi connectivity index (χ2n) is 7.12. The molecule has 5 heteroatoms. The van der Waals surface area contributed by atoms with Crippen molar-refractivity contribution in [1.82, 2.24) is 9.80 Å². The van der Waals surface area contributed by atoms with Gasteiger partial charge in [0.2, 0.25) is 0 Å². The Hall–Kier alpha value is -1.98. The van der Waals surface area contributed by atoms with Gasteiger partial charge < -0.3 is 10.2 Å². The first-order chi connectivity index (χ1) is 13.1. The maximum atomic E-state index is 13.0. The van der Waals surface area contributed by atoms with Crippen LogP contribution in [-0.4, -0.2) is 41.1 Å². The third-order valence-electron chi connectivity index (χ3n) is 5.00. The Kier molecular flexibility index (Phi) is 7.18. The van der Waals surface area contributed by atoms with Crippen molar-refractivity contribution >= 4 is 23.0 Å². The molecule has 1 heterocycles. The standard InChI is InChI=1S/C22H28FN3S/c1-2-3-4-18-7-11-21(12-8-18)24-22(27)26-15-13-25(14-16-26)17-19-5-9-20(23)10-6-19/h5-12H,2-4,13-17H2,1H3,(H,24,27). The molecule has 2 aromatic rings. The van der Waals surface area contributed by atoms with E-state index in [1.54, 1.807) is 0 Å². The van der Waals surface area contributed by atoms with Crippen LogP contribution in [0, 0.1) is 5.82 Å². The Morgan fingerprint density at radius 3 is 2.22 bits per heavy atom. The van der Waals surface area contributed by atoms with Crippen LogP contribution in [0.1, 0.15) is 30.9 Å². The molecule has 3 nitrogen and oxygen atoms in total. The Labute approximate surface area is 167 Å². The van der Waals surface area contributed by atoms with E-state index in [0.717, 1.165) is 55.5 Å². The van der Waals surface area contributed by atoms with Gasteiger partial charge in [0.25, 0.3) is 0 Å². The van der Waals surface area contributed by atoms with E-state index in [1.165, 1.54) is 30.5 Å². The fourth-order valence-corrected chi connectivity index (χ4v) is 3.60. The normalized spacial score (nSPS) is 15.0. The summed E-state index contributed by atoms with van der Waals surface area (Å²) in [7, 11) is 0. The van der Waals surface area contributed by atoms with Gasteiger partial charge in [0.05, 0.1) is 0 Å². The molecule has 0 radical (unpaired) electrons. The molecule has 144 valence electrons. The predicted octanol–water partition coefficient (Wildman–Crippen LogP) is 4.68. The van der Waals surface area contributed by atoms with Gasteiger partial charge in [-0.15, -0.1) is 0 Å². The van der Waals surface area contributed by atoms with E-state index in [4.69, 9.17) is 12.2 Å². The number of rotatable bonds is 6. The summed E-state index contributed by atoms with van der Waals surface area (Å²) in [6, 6.07) is 15.4. The number of thiocarbonyl (C=S) groups is 1. The van der Waals surface area contributed by atoms with Crippen molar-refractivity contribution in [2.45, 2.75) is 32.7 Å². The van der Waals surface area contributed by atoms with E-state index >= 15 is 0 Å². The quantitative estimate of drug-likeness (QED) is 0.727. The van der Waals surface area contributed by atoms with Gasteiger partial charge in [-0.2, -0.15) is 0 Å². The van der Waals surface area contributed by atoms with Crippen molar-refractivity contribution in [1.29, 1.82) is 0 Å². The molecule has 3 rings (SSSR count). The van der Waals surface area contributed by atoms with E-state index in [1.807, 2.05) is 12.1 Å². The van der Waals surface area contributed by atoms with Crippen LogP contribution >= 0.6 is 12.2 Å². The zero-order valence-electron chi connectivity index (χ0n) is 16.0. The molecule has 27 heavy (non-hydrogen) atoms. The molecule has 0 bridgehead atoms. The van der Waals surface area contributed by atoms with E-state index in [0.29, 0.717) is 0 Å². The highest BCUT2D eigenvalue weighted by atomic mass is 32.1. The summed E-state index contributed by atoms with van der Waals surface area (Å²) in [5, 5.41) is 4.15. The molecule has 0 aliphatic carbocycles. The Morgan fingerprint density at radius 2 is 1.59 bits per heavy atom. The minimum atomic E-state index is -0.182. The molecule has 0 amide bonds. The minimum Gasteiger partial charge on any atom is -0.346 e. The summed E-state index contributed by atoms with van der Waals surface area (Å²) in [6.07, 6.45) is 3.59. The molecule has 0 unspecified atom stereocenters. The fraction of sp³-hybridized carbons (Fsp3) is 0.409. The topological polar surface area (TPSA) is 18.5 Å². The lowest BCUT2D eigenvalue weighted by atomic mass is 10.1. The smallest absolute Gasteiger partial charge is 0.173 e. The Balaban J connectivity index is 1.44. The SMILES string of the molecule is CCCCc1ccc(NC(=S)N2CCN(Cc3ccc(F)cc3)CC2)cc1. The second-order valence-corrected chi connectivity index (χ2v) is 7.51. The molecule has 2 aromatic carbocycles. The number of aryl methyl sites for hydroxylation is 1. The number of unbranched alkanes of at least 4 members (excludes halogenated alkanes) is 1. The number of hydrogen-bond acceptors (Lipinski definition) is 2. The maximum Gasteiger partial charge on any atom is 0.173 e. The number of anilines is 1. The highest BCUT2D eigenvalue weighted by Gasteiger charge is 2.19. The van der Waals surface area contributed by atoms with Crippen molar-refractivity contribution in [3.05, 3.63) is 65.5 Å². The molecule has 0 saturated carbocycles. The highest BCUT2D eigenvalue weighted by molar-refractivity contribution is 7.80. The van der Waals surface area contributed by atoms with Crippen LogP contribution in [0.5, 0.6) is 0 Å². The van der Waals surface area contributed by atoms with Crippen LogP contribution in [0.15, 0.2) is 48.5 Å². The van der Waals surface area contributed by atoms with Crippen LogP contribution in [-0.2, 0) is 13.0 Å². The van der Waals surface area contributed by atoms with Crippen LogP contribution in [0.2, 0.25) is 0 Å². The fourth-order valence-electron chi connectivity index (χ4n) is 3.30. The van der Waals surface area contributed by atoms with Crippen molar-refractivity contribution in [3.63, 3.8) is 0 Å². The van der Waals surface area contributed by atoms with Crippen LogP contribution in [0.25, 0.3) is 0 Å². The third-order valence-corrected chi connectivity index (χ3v) is 5.36. The first-order valence-corrected chi connectivity index (χ1v) is 10.2. The number of halogens is 1. The zero-order chi connectivity index (χ0) is 19.1. The summed E-state index contributed by atoms with van der Waals surface area (Å²) in [5.74, 6) is -0.182. The monoisotopic (exact) mass is 385 g/mol. The molecule has 1 saturated heterocycles. The number of piperazine rings is 1. The van der Waals surface area contributed by atoms with Gasteiger partial charge in [-0.3, -0.25) is 4.90 Å². The summed E-state index contributed by atoms with van der Waals surface area (Å²) in [5.41, 5.74) is 3.57. The average molecular weight is 386 g/mol. The molecule has 1 fully saturated rings. The predicted molar refractivity (Wildman–Crippen MR) is 115 cm³/mol. The Morgan fingerprint density at radius 1 is 0.963 bits per heavy atom. The second kappa shape index (κ2) is 9.81. The van der Waals surface area contributed by atoms with Crippen molar-refractivity contribution < 1.29 is 4.39 Å². The van der Waals surface area contributed by atoms with Crippen molar-refractivity contribution in [2.24, 2.45) is 0 Å². The summed E-state index contributed by atoms with van der Waals surface area (Å²) >= 11 is 5.60. The van der Waals surface area contributed by atoms with Crippen LogP contribution in [0.3, 0.4) is 0 Å². The number of nitrogens with one attached hydrogen (secondary N) is 1. The Bertz CT molecular complexity index is 722. The number of nitrogens with zero attached hydrogens (tertiary/aromatic N) is 2.